The van der Waals surface area contributed by atoms with Crippen molar-refractivity contribution >= 4 is 64.6 Å². The Morgan fingerprint density at radius 2 is 1.95 bits per heavy atom. The van der Waals surface area contributed by atoms with Crippen LogP contribution in [0.15, 0.2) is 87.0 Å². The third kappa shape index (κ3) is 6.85. The molecule has 2 N–H and O–H groups in total. The number of aliphatic imine (C=N–C) groups is 1. The van der Waals surface area contributed by atoms with Gasteiger partial charge in [-0.15, -0.1) is 5.10 Å². The number of nitrogens with two attached hydrogens (primary N) is 1. The van der Waals surface area contributed by atoms with E-state index in [0.29, 0.717) is 16.0 Å². The third-order valence-electron chi connectivity index (χ3n) is 6.49. The minimum Gasteiger partial charge on any atom is -0.384 e. The first-order chi connectivity index (χ1) is 18.7. The molecular formula is C30H35Cl2N7. The van der Waals surface area contributed by atoms with Crippen LogP contribution >= 0.6 is 23.2 Å². The lowest BCUT2D eigenvalue weighted by atomic mass is 9.98. The molecule has 9 heteroatoms. The Labute approximate surface area is 241 Å². The Kier molecular flexibility index (Phi) is 10.3. The lowest BCUT2D eigenvalue weighted by Crippen LogP contribution is -2.33. The average Bonchev–Trinajstić information content (AvgIpc) is 3.37. The molecule has 0 amide bonds. The van der Waals surface area contributed by atoms with Crippen molar-refractivity contribution < 1.29 is 0 Å². The average molecular weight is 565 g/mol. The second-order valence-corrected chi connectivity index (χ2v) is 9.73. The summed E-state index contributed by atoms with van der Waals surface area (Å²) in [7, 11) is 1.91. The summed E-state index contributed by atoms with van der Waals surface area (Å²) in [5.41, 5.74) is 13.4. The molecule has 0 spiro atoms. The number of halogens is 2. The largest absolute Gasteiger partial charge is 0.384 e. The van der Waals surface area contributed by atoms with Crippen molar-refractivity contribution in [2.45, 2.75) is 46.6 Å². The number of fused-ring (bicyclic) bond motifs is 1. The van der Waals surface area contributed by atoms with Crippen LogP contribution in [0.25, 0.3) is 11.1 Å². The molecule has 1 unspecified atom stereocenters. The highest BCUT2D eigenvalue weighted by molar-refractivity contribution is 6.33. The molecule has 0 aliphatic carbocycles. The number of hydrogen-bond acceptors (Lipinski definition) is 6. The highest BCUT2D eigenvalue weighted by atomic mass is 35.5. The normalized spacial score (nSPS) is 17.6. The van der Waals surface area contributed by atoms with E-state index in [1.807, 2.05) is 63.9 Å². The van der Waals surface area contributed by atoms with E-state index in [4.69, 9.17) is 33.9 Å². The van der Waals surface area contributed by atoms with Crippen molar-refractivity contribution in [2.24, 2.45) is 15.2 Å². The van der Waals surface area contributed by atoms with Crippen LogP contribution in [0.1, 0.15) is 51.7 Å². The van der Waals surface area contributed by atoms with Crippen LogP contribution in [-0.2, 0) is 0 Å². The zero-order valence-corrected chi connectivity index (χ0v) is 24.6. The van der Waals surface area contributed by atoms with Gasteiger partial charge in [-0.05, 0) is 85.9 Å². The summed E-state index contributed by atoms with van der Waals surface area (Å²) >= 11 is 13.0. The molecule has 2 aromatic rings. The van der Waals surface area contributed by atoms with Crippen molar-refractivity contribution in [3.05, 3.63) is 88.0 Å². The highest BCUT2D eigenvalue weighted by Crippen LogP contribution is 2.41. The Morgan fingerprint density at radius 3 is 2.62 bits per heavy atom. The van der Waals surface area contributed by atoms with E-state index in [0.717, 1.165) is 52.2 Å². The molecule has 1 aromatic heterocycles. The van der Waals surface area contributed by atoms with E-state index < -0.39 is 0 Å². The van der Waals surface area contributed by atoms with Crippen molar-refractivity contribution in [3.8, 4) is 0 Å². The first kappa shape index (κ1) is 29.9. The van der Waals surface area contributed by atoms with Crippen LogP contribution in [0.3, 0.4) is 0 Å². The smallest absolute Gasteiger partial charge is 0.132 e. The first-order valence-corrected chi connectivity index (χ1v) is 13.5. The Hall–Kier alpha value is -3.68. The van der Waals surface area contributed by atoms with Crippen molar-refractivity contribution in [3.63, 3.8) is 0 Å². The van der Waals surface area contributed by atoms with Gasteiger partial charge >= 0.3 is 0 Å². The molecule has 39 heavy (non-hydrogen) atoms. The fraction of sp³-hybridized carbons (Fsp3) is 0.267. The number of pyridine rings is 1. The molecule has 2 aliphatic rings. The standard InChI is InChI=1S/C28H29Cl2N7.C2H6/c1-17-12-21(24-14-22(29)7-9-26(24)36(5)16-34-32-4)13-23-8-10-25(37(17)23)19(3)35-28(30)18(2)20-6-11-27(31)33-15-20;1-2/h6-7,9,11-16,25H,1,4,8,10H2,2-3,5H3,(H2,31,33);1-2H3/b28-18+,34-16-,35-19+;. The molecule has 204 valence electrons. The summed E-state index contributed by atoms with van der Waals surface area (Å²) in [6, 6.07) is 9.47. The zero-order valence-electron chi connectivity index (χ0n) is 23.1. The molecule has 0 saturated carbocycles. The van der Waals surface area contributed by atoms with E-state index >= 15 is 0 Å². The van der Waals surface area contributed by atoms with E-state index in [9.17, 15) is 0 Å². The minimum atomic E-state index is 0.0648. The van der Waals surface area contributed by atoms with Crippen LogP contribution in [0.4, 0.5) is 11.5 Å². The lowest BCUT2D eigenvalue weighted by molar-refractivity contribution is 0.446. The van der Waals surface area contributed by atoms with E-state index in [1.165, 1.54) is 5.70 Å². The number of nitrogen functional groups attached to an aromatic ring is 1. The van der Waals surface area contributed by atoms with Gasteiger partial charge < -0.3 is 15.5 Å². The highest BCUT2D eigenvalue weighted by Gasteiger charge is 2.34. The van der Waals surface area contributed by atoms with Gasteiger partial charge in [-0.2, -0.15) is 5.10 Å². The molecule has 1 fully saturated rings. The number of hydrogen-bond donors (Lipinski definition) is 1. The molecule has 3 heterocycles. The lowest BCUT2D eigenvalue weighted by Gasteiger charge is -2.32. The van der Waals surface area contributed by atoms with Crippen LogP contribution in [0.5, 0.6) is 0 Å². The zero-order chi connectivity index (χ0) is 28.7. The van der Waals surface area contributed by atoms with E-state index in [2.05, 4.69) is 45.5 Å². The Balaban J connectivity index is 0.00000205. The minimum absolute atomic E-state index is 0.0648. The van der Waals surface area contributed by atoms with Crippen molar-refractivity contribution in [2.75, 3.05) is 17.7 Å². The molecule has 1 aromatic carbocycles. The van der Waals surface area contributed by atoms with Crippen molar-refractivity contribution in [1.82, 2.24) is 9.88 Å². The predicted molar refractivity (Wildman–Crippen MR) is 170 cm³/mol. The molecule has 0 radical (unpaired) electrons. The molecule has 1 saturated heterocycles. The van der Waals surface area contributed by atoms with Gasteiger partial charge in [-0.1, -0.05) is 43.6 Å². The first-order valence-electron chi connectivity index (χ1n) is 12.8. The van der Waals surface area contributed by atoms with Gasteiger partial charge in [0.05, 0.1) is 6.04 Å². The fourth-order valence-electron chi connectivity index (χ4n) is 4.56. The number of benzene rings is 1. The fourth-order valence-corrected chi connectivity index (χ4v) is 4.98. The molecule has 0 bridgehead atoms. The second-order valence-electron chi connectivity index (χ2n) is 8.94. The van der Waals surface area contributed by atoms with Gasteiger partial charge in [-0.25, -0.2) is 9.98 Å². The van der Waals surface area contributed by atoms with Gasteiger partial charge in [-0.3, -0.25) is 0 Å². The quantitative estimate of drug-likeness (QED) is 0.161. The number of aromatic nitrogens is 1. The van der Waals surface area contributed by atoms with Crippen molar-refractivity contribution in [1.29, 1.82) is 0 Å². The second kappa shape index (κ2) is 13.4. The molecular weight excluding hydrogens is 529 g/mol. The molecule has 7 nitrogen and oxygen atoms in total. The number of nitrogens with zero attached hydrogens (tertiary/aromatic N) is 6. The number of anilines is 2. The summed E-state index contributed by atoms with van der Waals surface area (Å²) < 4.78 is 0. The summed E-state index contributed by atoms with van der Waals surface area (Å²) in [5.74, 6) is 0.465. The van der Waals surface area contributed by atoms with Crippen LogP contribution in [-0.4, -0.2) is 41.7 Å². The monoisotopic (exact) mass is 563 g/mol. The summed E-state index contributed by atoms with van der Waals surface area (Å²) in [6.07, 6.45) is 9.38. The van der Waals surface area contributed by atoms with Gasteiger partial charge in [0, 0.05) is 53.3 Å². The van der Waals surface area contributed by atoms with Gasteiger partial charge in [0.2, 0.25) is 0 Å². The van der Waals surface area contributed by atoms with Crippen LogP contribution < -0.4 is 10.6 Å². The van der Waals surface area contributed by atoms with Crippen LogP contribution in [0, 0.1) is 0 Å². The summed E-state index contributed by atoms with van der Waals surface area (Å²) in [6.45, 7) is 15.7. The van der Waals surface area contributed by atoms with Gasteiger partial charge in [0.1, 0.15) is 17.3 Å². The maximum atomic E-state index is 6.62. The Morgan fingerprint density at radius 1 is 1.21 bits per heavy atom. The topological polar surface area (TPSA) is 82.5 Å². The molecule has 2 aliphatic heterocycles. The summed E-state index contributed by atoms with van der Waals surface area (Å²) in [4.78, 5) is 13.0. The maximum absolute atomic E-state index is 6.62. The van der Waals surface area contributed by atoms with Gasteiger partial charge in [0.15, 0.2) is 0 Å². The third-order valence-corrected chi connectivity index (χ3v) is 7.09. The maximum Gasteiger partial charge on any atom is 0.132 e. The molecule has 1 atom stereocenters. The summed E-state index contributed by atoms with van der Waals surface area (Å²) in [5, 5.41) is 8.55. The predicted octanol–water partition coefficient (Wildman–Crippen LogP) is 7.77. The number of allylic oxidation sites excluding steroid dienone is 5. The van der Waals surface area contributed by atoms with Crippen LogP contribution in [0.2, 0.25) is 5.02 Å². The van der Waals surface area contributed by atoms with E-state index in [1.54, 1.807) is 18.6 Å². The number of rotatable bonds is 7. The molecule has 4 rings (SSSR count). The van der Waals surface area contributed by atoms with E-state index in [-0.39, 0.29) is 6.04 Å². The Bertz CT molecular complexity index is 1380. The van der Waals surface area contributed by atoms with Gasteiger partial charge in [0.25, 0.3) is 0 Å². The SMILES string of the molecule is C=N/N=C\N(C)c1ccc(Cl)cc1C1=CC(=C)N2C(=C1)CCC2/C(C)=N/C(Cl)=C(\C)c1ccc(N)nc1.CC.